The fraction of sp³-hybridized carbons (Fsp3) is 0.208. The molecule has 0 aliphatic heterocycles. The van der Waals surface area contributed by atoms with E-state index in [0.29, 0.717) is 0 Å². The normalized spacial score (nSPS) is 13.3. The van der Waals surface area contributed by atoms with E-state index < -0.39 is 33.8 Å². The maximum absolute atomic E-state index is 13.3. The number of rotatable bonds is 7. The van der Waals surface area contributed by atoms with E-state index in [4.69, 9.17) is 0 Å². The summed E-state index contributed by atoms with van der Waals surface area (Å²) in [7, 11) is -3.80. The van der Waals surface area contributed by atoms with Crippen LogP contribution in [0.15, 0.2) is 78.9 Å². The molecule has 1 N–H and O–H groups in total. The molecule has 0 bridgehead atoms. The van der Waals surface area contributed by atoms with Crippen LogP contribution in [0, 0.1) is 12.7 Å². The molecular formula is C24H25FN2O3S. The van der Waals surface area contributed by atoms with Gasteiger partial charge in [-0.2, -0.15) is 0 Å². The number of hydrogen-bond acceptors (Lipinski definition) is 3. The molecular weight excluding hydrogens is 415 g/mol. The summed E-state index contributed by atoms with van der Waals surface area (Å²) >= 11 is 0. The Morgan fingerprint density at radius 1 is 0.903 bits per heavy atom. The fourth-order valence-corrected chi connectivity index (χ4v) is 4.60. The second-order valence-electron chi connectivity index (χ2n) is 7.47. The summed E-state index contributed by atoms with van der Waals surface area (Å²) in [5.74, 6) is -0.956. The summed E-state index contributed by atoms with van der Waals surface area (Å²) in [6, 6.07) is 20.8. The predicted octanol–water partition coefficient (Wildman–Crippen LogP) is 4.19. The Morgan fingerprint density at radius 3 is 2.00 bits per heavy atom. The highest BCUT2D eigenvalue weighted by atomic mass is 32.2. The summed E-state index contributed by atoms with van der Waals surface area (Å²) in [5, 5.41) is 2.98. The number of hydrogen-bond donors (Lipinski definition) is 1. The molecule has 5 nitrogen and oxygen atoms in total. The predicted molar refractivity (Wildman–Crippen MR) is 121 cm³/mol. The number of nitrogens with one attached hydrogen (secondary N) is 1. The summed E-state index contributed by atoms with van der Waals surface area (Å²) in [6.45, 7) is 3.49. The molecule has 0 unspecified atom stereocenters. The molecule has 0 saturated carbocycles. The highest BCUT2D eigenvalue weighted by Crippen LogP contribution is 2.25. The molecule has 0 radical (unpaired) electrons. The van der Waals surface area contributed by atoms with Crippen molar-refractivity contribution in [3.05, 3.63) is 101 Å². The Balaban J connectivity index is 1.94. The number of amides is 1. The second-order valence-corrected chi connectivity index (χ2v) is 9.33. The van der Waals surface area contributed by atoms with E-state index >= 15 is 0 Å². The van der Waals surface area contributed by atoms with Crippen molar-refractivity contribution in [2.45, 2.75) is 25.9 Å². The van der Waals surface area contributed by atoms with Gasteiger partial charge in [0.2, 0.25) is 15.9 Å². The lowest BCUT2D eigenvalue weighted by Gasteiger charge is -2.30. The third-order valence-corrected chi connectivity index (χ3v) is 6.24. The van der Waals surface area contributed by atoms with Crippen molar-refractivity contribution in [2.24, 2.45) is 0 Å². The Morgan fingerprint density at radius 2 is 1.45 bits per heavy atom. The van der Waals surface area contributed by atoms with Crippen LogP contribution < -0.4 is 9.62 Å². The van der Waals surface area contributed by atoms with Crippen molar-refractivity contribution in [2.75, 3.05) is 10.6 Å². The van der Waals surface area contributed by atoms with Crippen LogP contribution in [0.25, 0.3) is 0 Å². The number of carbonyl (C=O) groups excluding carboxylic acids is 1. The highest BCUT2D eigenvalue weighted by molar-refractivity contribution is 7.92. The minimum atomic E-state index is -3.80. The monoisotopic (exact) mass is 440 g/mol. The number of aryl methyl sites for hydroxylation is 1. The molecule has 7 heteroatoms. The lowest BCUT2D eigenvalue weighted by atomic mass is 9.97. The van der Waals surface area contributed by atoms with Gasteiger partial charge in [0.25, 0.3) is 0 Å². The van der Waals surface area contributed by atoms with E-state index in [1.807, 2.05) is 61.5 Å². The number of halogens is 1. The average Bonchev–Trinajstić information content (AvgIpc) is 2.74. The molecule has 0 aromatic heterocycles. The first kappa shape index (κ1) is 22.5. The maximum atomic E-state index is 13.3. The van der Waals surface area contributed by atoms with Gasteiger partial charge in [-0.1, -0.05) is 60.2 Å². The molecule has 3 aromatic carbocycles. The van der Waals surface area contributed by atoms with Gasteiger partial charge < -0.3 is 5.32 Å². The molecule has 0 spiro atoms. The van der Waals surface area contributed by atoms with Crippen LogP contribution in [-0.4, -0.2) is 26.6 Å². The van der Waals surface area contributed by atoms with Crippen molar-refractivity contribution in [1.29, 1.82) is 0 Å². The molecule has 0 heterocycles. The lowest BCUT2D eigenvalue weighted by molar-refractivity contribution is -0.122. The topological polar surface area (TPSA) is 66.5 Å². The van der Waals surface area contributed by atoms with Crippen LogP contribution in [-0.2, 0) is 14.8 Å². The third-order valence-electron chi connectivity index (χ3n) is 5.00. The molecule has 0 fully saturated rings. The molecule has 0 saturated heterocycles. The van der Waals surface area contributed by atoms with Gasteiger partial charge in [0.15, 0.2) is 0 Å². The number of carbonyl (C=O) groups is 1. The largest absolute Gasteiger partial charge is 0.343 e. The summed E-state index contributed by atoms with van der Waals surface area (Å²) < 4.78 is 39.3. The van der Waals surface area contributed by atoms with Crippen molar-refractivity contribution >= 4 is 21.6 Å². The van der Waals surface area contributed by atoms with E-state index in [2.05, 4.69) is 5.32 Å². The van der Waals surface area contributed by atoms with Crippen molar-refractivity contribution in [3.8, 4) is 0 Å². The van der Waals surface area contributed by atoms with Crippen molar-refractivity contribution in [1.82, 2.24) is 5.32 Å². The van der Waals surface area contributed by atoms with E-state index in [-0.39, 0.29) is 5.69 Å². The van der Waals surface area contributed by atoms with Gasteiger partial charge in [-0.05, 0) is 49.2 Å². The molecule has 2 atom stereocenters. The van der Waals surface area contributed by atoms with Crippen LogP contribution in [0.4, 0.5) is 10.1 Å². The molecule has 162 valence electrons. The second kappa shape index (κ2) is 9.31. The third kappa shape index (κ3) is 5.49. The van der Waals surface area contributed by atoms with E-state index in [1.54, 1.807) is 0 Å². The van der Waals surface area contributed by atoms with Crippen LogP contribution in [0.5, 0.6) is 0 Å². The molecule has 1 amide bonds. The molecule has 0 aliphatic carbocycles. The van der Waals surface area contributed by atoms with Gasteiger partial charge >= 0.3 is 0 Å². The molecule has 3 rings (SSSR count). The van der Waals surface area contributed by atoms with E-state index in [9.17, 15) is 17.6 Å². The van der Waals surface area contributed by atoms with Crippen molar-refractivity contribution < 1.29 is 17.6 Å². The van der Waals surface area contributed by atoms with Gasteiger partial charge in [-0.3, -0.25) is 9.10 Å². The SMILES string of the molecule is Cc1ccc([C@H](NC(=O)[C@H](C)N(c2ccc(F)cc2)S(C)(=O)=O)c2ccccc2)cc1. The Kier molecular flexibility index (Phi) is 6.75. The lowest BCUT2D eigenvalue weighted by Crippen LogP contribution is -2.48. The minimum Gasteiger partial charge on any atom is -0.343 e. The number of anilines is 1. The van der Waals surface area contributed by atoms with Crippen LogP contribution in [0.3, 0.4) is 0 Å². The summed E-state index contributed by atoms with van der Waals surface area (Å²) in [4.78, 5) is 13.2. The van der Waals surface area contributed by atoms with Crippen LogP contribution in [0.1, 0.15) is 29.7 Å². The summed E-state index contributed by atoms with van der Waals surface area (Å²) in [5.41, 5.74) is 3.07. The smallest absolute Gasteiger partial charge is 0.244 e. The van der Waals surface area contributed by atoms with Crippen LogP contribution >= 0.6 is 0 Å². The Bertz CT molecular complexity index is 1130. The maximum Gasteiger partial charge on any atom is 0.244 e. The van der Waals surface area contributed by atoms with Gasteiger partial charge in [0.05, 0.1) is 18.0 Å². The first-order valence-electron chi connectivity index (χ1n) is 9.83. The zero-order valence-electron chi connectivity index (χ0n) is 17.6. The minimum absolute atomic E-state index is 0.221. The zero-order valence-corrected chi connectivity index (χ0v) is 18.4. The number of sulfonamides is 1. The van der Waals surface area contributed by atoms with Gasteiger partial charge in [-0.15, -0.1) is 0 Å². The van der Waals surface area contributed by atoms with Gasteiger partial charge in [-0.25, -0.2) is 12.8 Å². The Hall–Kier alpha value is -3.19. The van der Waals surface area contributed by atoms with Gasteiger partial charge in [0, 0.05) is 0 Å². The van der Waals surface area contributed by atoms with Crippen LogP contribution in [0.2, 0.25) is 0 Å². The highest BCUT2D eigenvalue weighted by Gasteiger charge is 2.31. The van der Waals surface area contributed by atoms with Gasteiger partial charge in [0.1, 0.15) is 11.9 Å². The number of benzene rings is 3. The van der Waals surface area contributed by atoms with Crippen molar-refractivity contribution in [3.63, 3.8) is 0 Å². The Labute approximate surface area is 182 Å². The zero-order chi connectivity index (χ0) is 22.6. The number of nitrogens with zero attached hydrogens (tertiary/aromatic N) is 1. The summed E-state index contributed by atoms with van der Waals surface area (Å²) in [6.07, 6.45) is 1.02. The standard InChI is InChI=1S/C24H25FN2O3S/c1-17-9-11-20(12-10-17)23(19-7-5-4-6-8-19)26-24(28)18(2)27(31(3,29)30)22-15-13-21(25)14-16-22/h4-16,18,23H,1-3H3,(H,26,28)/t18-,23+/m0/s1. The molecule has 31 heavy (non-hydrogen) atoms. The van der Waals surface area contributed by atoms with E-state index in [1.165, 1.54) is 19.1 Å². The fourth-order valence-electron chi connectivity index (χ4n) is 3.42. The molecule has 0 aliphatic rings. The van der Waals surface area contributed by atoms with E-state index in [0.717, 1.165) is 39.4 Å². The first-order chi connectivity index (χ1) is 14.7. The first-order valence-corrected chi connectivity index (χ1v) is 11.7. The molecule has 3 aromatic rings. The quantitative estimate of drug-likeness (QED) is 0.599. The average molecular weight is 441 g/mol.